The summed E-state index contributed by atoms with van der Waals surface area (Å²) in [4.78, 5) is 37.6. The lowest BCUT2D eigenvalue weighted by molar-refractivity contribution is -0.143. The molecule has 0 unspecified atom stereocenters. The van der Waals surface area contributed by atoms with Gasteiger partial charge >= 0.3 is 12.1 Å². The molecule has 1 heterocycles. The Hall–Kier alpha value is -3.15. The van der Waals surface area contributed by atoms with Crippen LogP contribution in [0.3, 0.4) is 0 Å². The van der Waals surface area contributed by atoms with Gasteiger partial charge in [0.15, 0.2) is 0 Å². The van der Waals surface area contributed by atoms with Crippen LogP contribution in [0.25, 0.3) is 0 Å². The van der Waals surface area contributed by atoms with Crippen LogP contribution in [-0.2, 0) is 27.2 Å². The number of imide groups is 1. The number of carbonyl (C=O) groups excluding carboxylic acids is 2. The fourth-order valence-corrected chi connectivity index (χ4v) is 3.32. The van der Waals surface area contributed by atoms with Crippen LogP contribution >= 0.6 is 0 Å². The molecule has 2 aromatic rings. The molecule has 2 amide bonds. The largest absolute Gasteiger partial charge is 0.481 e. The SMILES string of the molecule is O=C(O)C[C@H](Cc1ccccc1)C(=O)N1C(=O)OC[C@H]1Cc1ccccc1. The van der Waals surface area contributed by atoms with Gasteiger partial charge in [-0.25, -0.2) is 9.69 Å². The van der Waals surface area contributed by atoms with Gasteiger partial charge in [-0.05, 0) is 24.0 Å². The van der Waals surface area contributed by atoms with E-state index in [4.69, 9.17) is 4.74 Å². The van der Waals surface area contributed by atoms with Crippen molar-refractivity contribution in [1.29, 1.82) is 0 Å². The van der Waals surface area contributed by atoms with Crippen molar-refractivity contribution < 1.29 is 24.2 Å². The van der Waals surface area contributed by atoms with Crippen molar-refractivity contribution in [2.45, 2.75) is 25.3 Å². The maximum absolute atomic E-state index is 13.1. The monoisotopic (exact) mass is 367 g/mol. The summed E-state index contributed by atoms with van der Waals surface area (Å²) in [6.07, 6.45) is -0.309. The molecule has 0 radical (unpaired) electrons. The number of benzene rings is 2. The highest BCUT2D eigenvalue weighted by molar-refractivity contribution is 5.96. The highest BCUT2D eigenvalue weighted by atomic mass is 16.6. The molecule has 6 heteroatoms. The Morgan fingerprint density at radius 1 is 1.04 bits per heavy atom. The van der Waals surface area contributed by atoms with Crippen molar-refractivity contribution in [2.75, 3.05) is 6.61 Å². The first kappa shape index (κ1) is 18.6. The van der Waals surface area contributed by atoms with Crippen LogP contribution in [0.1, 0.15) is 17.5 Å². The normalized spacial score (nSPS) is 17.4. The lowest BCUT2D eigenvalue weighted by Gasteiger charge is -2.24. The third-order valence-electron chi connectivity index (χ3n) is 4.61. The number of amides is 2. The van der Waals surface area contributed by atoms with E-state index < -0.39 is 29.9 Å². The molecule has 1 aliphatic rings. The molecular formula is C21H21NO5. The first-order valence-corrected chi connectivity index (χ1v) is 8.84. The zero-order chi connectivity index (χ0) is 19.2. The highest BCUT2D eigenvalue weighted by Crippen LogP contribution is 2.23. The van der Waals surface area contributed by atoms with Gasteiger partial charge in [0.1, 0.15) is 6.61 Å². The van der Waals surface area contributed by atoms with Gasteiger partial charge in [-0.3, -0.25) is 9.59 Å². The average Bonchev–Trinajstić information content (AvgIpc) is 3.02. The van der Waals surface area contributed by atoms with E-state index in [0.717, 1.165) is 16.0 Å². The molecule has 1 saturated heterocycles. The first-order valence-electron chi connectivity index (χ1n) is 8.84. The lowest BCUT2D eigenvalue weighted by Crippen LogP contribution is -2.44. The second-order valence-corrected chi connectivity index (χ2v) is 6.61. The van der Waals surface area contributed by atoms with Crippen LogP contribution in [0.2, 0.25) is 0 Å². The maximum atomic E-state index is 13.1. The number of rotatable bonds is 7. The van der Waals surface area contributed by atoms with Gasteiger partial charge in [0.05, 0.1) is 18.4 Å². The highest BCUT2D eigenvalue weighted by Gasteiger charge is 2.41. The fourth-order valence-electron chi connectivity index (χ4n) is 3.32. The van der Waals surface area contributed by atoms with E-state index in [1.807, 2.05) is 60.7 Å². The van der Waals surface area contributed by atoms with Crippen LogP contribution in [0.4, 0.5) is 4.79 Å². The zero-order valence-electron chi connectivity index (χ0n) is 14.8. The van der Waals surface area contributed by atoms with E-state index in [2.05, 4.69) is 0 Å². The van der Waals surface area contributed by atoms with Crippen LogP contribution in [0.15, 0.2) is 60.7 Å². The molecule has 1 N–H and O–H groups in total. The van der Waals surface area contributed by atoms with Crippen molar-refractivity contribution >= 4 is 18.0 Å². The summed E-state index contributed by atoms with van der Waals surface area (Å²) in [5.74, 6) is -2.39. The maximum Gasteiger partial charge on any atom is 0.416 e. The number of carbonyl (C=O) groups is 3. The molecule has 140 valence electrons. The predicted octanol–water partition coefficient (Wildman–Crippen LogP) is 2.91. The summed E-state index contributed by atoms with van der Waals surface area (Å²) in [5.41, 5.74) is 1.83. The summed E-state index contributed by atoms with van der Waals surface area (Å²) < 4.78 is 5.10. The lowest BCUT2D eigenvalue weighted by atomic mass is 9.94. The van der Waals surface area contributed by atoms with Crippen molar-refractivity contribution in [3.8, 4) is 0 Å². The number of hydrogen-bond donors (Lipinski definition) is 1. The number of nitrogens with zero attached hydrogens (tertiary/aromatic N) is 1. The van der Waals surface area contributed by atoms with Crippen molar-refractivity contribution in [3.63, 3.8) is 0 Å². The van der Waals surface area contributed by atoms with Gasteiger partial charge in [0.2, 0.25) is 5.91 Å². The van der Waals surface area contributed by atoms with E-state index in [1.54, 1.807) is 0 Å². The number of hydrogen-bond acceptors (Lipinski definition) is 4. The van der Waals surface area contributed by atoms with E-state index >= 15 is 0 Å². The molecule has 0 saturated carbocycles. The van der Waals surface area contributed by atoms with Crippen LogP contribution < -0.4 is 0 Å². The summed E-state index contributed by atoms with van der Waals surface area (Å²) in [5, 5.41) is 9.23. The van der Waals surface area contributed by atoms with Gasteiger partial charge in [0.25, 0.3) is 0 Å². The van der Waals surface area contributed by atoms with Crippen molar-refractivity contribution in [3.05, 3.63) is 71.8 Å². The summed E-state index contributed by atoms with van der Waals surface area (Å²) in [6.45, 7) is 0.116. The van der Waals surface area contributed by atoms with Gasteiger partial charge < -0.3 is 9.84 Å². The van der Waals surface area contributed by atoms with Crippen LogP contribution in [0.5, 0.6) is 0 Å². The van der Waals surface area contributed by atoms with Crippen LogP contribution in [-0.4, -0.2) is 40.6 Å². The average molecular weight is 367 g/mol. The number of aliphatic carboxylic acids is 1. The molecule has 27 heavy (non-hydrogen) atoms. The molecular weight excluding hydrogens is 346 g/mol. The van der Waals surface area contributed by atoms with Gasteiger partial charge in [-0.1, -0.05) is 60.7 Å². The van der Waals surface area contributed by atoms with Crippen LogP contribution in [0, 0.1) is 5.92 Å². The van der Waals surface area contributed by atoms with Gasteiger partial charge in [-0.15, -0.1) is 0 Å². The topological polar surface area (TPSA) is 83.9 Å². The fraction of sp³-hybridized carbons (Fsp3) is 0.286. The number of ether oxygens (including phenoxy) is 1. The molecule has 6 nitrogen and oxygen atoms in total. The Kier molecular flexibility index (Phi) is 5.86. The minimum Gasteiger partial charge on any atom is -0.481 e. The van der Waals surface area contributed by atoms with Gasteiger partial charge in [0, 0.05) is 0 Å². The molecule has 0 spiro atoms. The van der Waals surface area contributed by atoms with E-state index in [0.29, 0.717) is 6.42 Å². The third kappa shape index (κ3) is 4.73. The van der Waals surface area contributed by atoms with E-state index in [9.17, 15) is 19.5 Å². The molecule has 2 atom stereocenters. The third-order valence-corrected chi connectivity index (χ3v) is 4.61. The molecule has 1 fully saturated rings. The quantitative estimate of drug-likeness (QED) is 0.813. The summed E-state index contributed by atoms with van der Waals surface area (Å²) >= 11 is 0. The molecule has 0 bridgehead atoms. The summed E-state index contributed by atoms with van der Waals surface area (Å²) in [7, 11) is 0. The Balaban J connectivity index is 1.79. The Morgan fingerprint density at radius 2 is 1.63 bits per heavy atom. The Labute approximate surface area is 157 Å². The number of cyclic esters (lactones) is 1. The zero-order valence-corrected chi connectivity index (χ0v) is 14.8. The molecule has 0 aliphatic carbocycles. The minimum absolute atomic E-state index is 0.116. The minimum atomic E-state index is -1.07. The molecule has 1 aliphatic heterocycles. The second kappa shape index (κ2) is 8.49. The first-order chi connectivity index (χ1) is 13.0. The van der Waals surface area contributed by atoms with E-state index in [-0.39, 0.29) is 19.4 Å². The second-order valence-electron chi connectivity index (χ2n) is 6.61. The Bertz CT molecular complexity index is 806. The standard InChI is InChI=1S/C21H21NO5/c23-19(24)13-17(11-15-7-3-1-4-8-15)20(25)22-18(14-27-21(22)26)12-16-9-5-2-6-10-16/h1-10,17-18H,11-14H2,(H,23,24)/t17-,18+/m0/s1. The molecule has 0 aromatic heterocycles. The predicted molar refractivity (Wildman–Crippen MR) is 98.0 cm³/mol. The molecule has 3 rings (SSSR count). The molecule has 2 aromatic carbocycles. The smallest absolute Gasteiger partial charge is 0.416 e. The van der Waals surface area contributed by atoms with Gasteiger partial charge in [-0.2, -0.15) is 0 Å². The van der Waals surface area contributed by atoms with Crippen molar-refractivity contribution in [1.82, 2.24) is 4.90 Å². The summed E-state index contributed by atoms with van der Waals surface area (Å²) in [6, 6.07) is 18.3. The van der Waals surface area contributed by atoms with Crippen molar-refractivity contribution in [2.24, 2.45) is 5.92 Å². The number of carboxylic acid groups (broad SMARTS) is 1. The Morgan fingerprint density at radius 3 is 2.22 bits per heavy atom. The van der Waals surface area contributed by atoms with E-state index in [1.165, 1.54) is 0 Å². The number of carboxylic acids is 1.